The summed E-state index contributed by atoms with van der Waals surface area (Å²) in [5.74, 6) is 2.53. The van der Waals surface area contributed by atoms with Gasteiger partial charge in [-0.25, -0.2) is 9.97 Å². The number of rotatable bonds is 3. The third-order valence-corrected chi connectivity index (χ3v) is 6.94. The average Bonchev–Trinajstić information content (AvgIpc) is 2.68. The molecule has 0 radical (unpaired) electrons. The molecular formula is C22H26N4. The van der Waals surface area contributed by atoms with Gasteiger partial charge in [-0.05, 0) is 42.2 Å². The molecule has 26 heavy (non-hydrogen) atoms. The van der Waals surface area contributed by atoms with Crippen molar-refractivity contribution in [3.05, 3.63) is 53.6 Å². The normalized spacial score (nSPS) is 26.6. The lowest BCUT2D eigenvalue weighted by molar-refractivity contribution is -0.0110. The van der Waals surface area contributed by atoms with Gasteiger partial charge in [-0.2, -0.15) is 0 Å². The predicted octanol–water partition coefficient (Wildman–Crippen LogP) is 3.89. The molecule has 4 heteroatoms. The summed E-state index contributed by atoms with van der Waals surface area (Å²) in [6, 6.07) is 3.94. The third-order valence-electron chi connectivity index (χ3n) is 6.94. The van der Waals surface area contributed by atoms with Crippen molar-refractivity contribution >= 4 is 0 Å². The van der Waals surface area contributed by atoms with Crippen LogP contribution in [0.4, 0.5) is 0 Å². The van der Waals surface area contributed by atoms with Crippen LogP contribution in [0.1, 0.15) is 37.9 Å². The monoisotopic (exact) mass is 346 g/mol. The molecule has 3 heterocycles. The minimum atomic E-state index is 0.514. The van der Waals surface area contributed by atoms with Crippen LogP contribution in [0.25, 0.3) is 11.4 Å². The van der Waals surface area contributed by atoms with Gasteiger partial charge in [0, 0.05) is 55.8 Å². The van der Waals surface area contributed by atoms with E-state index in [0.29, 0.717) is 5.41 Å². The van der Waals surface area contributed by atoms with Crippen LogP contribution in [-0.4, -0.2) is 32.9 Å². The van der Waals surface area contributed by atoms with Gasteiger partial charge in [0.1, 0.15) is 0 Å². The molecule has 4 aliphatic rings. The Morgan fingerprint density at radius 1 is 1.23 bits per heavy atom. The molecule has 4 nitrogen and oxygen atoms in total. The van der Waals surface area contributed by atoms with Crippen molar-refractivity contribution in [2.45, 2.75) is 39.7 Å². The highest BCUT2D eigenvalue weighted by molar-refractivity contribution is 5.54. The second-order valence-electron chi connectivity index (χ2n) is 8.68. The van der Waals surface area contributed by atoms with Gasteiger partial charge in [0.2, 0.25) is 0 Å². The summed E-state index contributed by atoms with van der Waals surface area (Å²) in [5, 5.41) is 0. The molecule has 2 unspecified atom stereocenters. The van der Waals surface area contributed by atoms with E-state index in [4.69, 9.17) is 4.98 Å². The maximum Gasteiger partial charge on any atom is 0.159 e. The predicted molar refractivity (Wildman–Crippen MR) is 102 cm³/mol. The van der Waals surface area contributed by atoms with Gasteiger partial charge in [-0.3, -0.25) is 9.88 Å². The van der Waals surface area contributed by atoms with Crippen molar-refractivity contribution in [2.24, 2.45) is 17.3 Å². The number of nitrogens with zero attached hydrogens (tertiary/aromatic N) is 4. The first-order valence-corrected chi connectivity index (χ1v) is 9.78. The molecule has 2 atom stereocenters. The van der Waals surface area contributed by atoms with Crippen molar-refractivity contribution in [1.82, 2.24) is 19.9 Å². The lowest BCUT2D eigenvalue weighted by Crippen LogP contribution is -2.50. The molecule has 2 aromatic heterocycles. The van der Waals surface area contributed by atoms with E-state index in [0.717, 1.165) is 49.3 Å². The summed E-state index contributed by atoms with van der Waals surface area (Å²) in [7, 11) is 0. The van der Waals surface area contributed by atoms with Crippen LogP contribution in [0, 0.1) is 17.3 Å². The average molecular weight is 346 g/mol. The Bertz CT molecular complexity index is 856. The highest BCUT2D eigenvalue weighted by Gasteiger charge is 2.51. The molecule has 1 saturated carbocycles. The van der Waals surface area contributed by atoms with E-state index >= 15 is 0 Å². The van der Waals surface area contributed by atoms with Gasteiger partial charge in [0.15, 0.2) is 5.82 Å². The number of aromatic nitrogens is 3. The Labute approximate surface area is 155 Å². The van der Waals surface area contributed by atoms with E-state index in [1.165, 1.54) is 24.1 Å². The van der Waals surface area contributed by atoms with Crippen molar-refractivity contribution in [2.75, 3.05) is 13.1 Å². The highest BCUT2D eigenvalue weighted by atomic mass is 15.1. The Balaban J connectivity index is 1.31. The van der Waals surface area contributed by atoms with E-state index in [-0.39, 0.29) is 0 Å². The van der Waals surface area contributed by atoms with Crippen LogP contribution in [-0.2, 0) is 13.0 Å². The quantitative estimate of drug-likeness (QED) is 0.791. The van der Waals surface area contributed by atoms with Gasteiger partial charge in [0.05, 0.1) is 5.69 Å². The van der Waals surface area contributed by atoms with E-state index in [2.05, 4.69) is 34.8 Å². The molecule has 3 aliphatic carbocycles. The molecule has 0 N–H and O–H groups in total. The Kier molecular flexibility index (Phi) is 3.71. The second-order valence-corrected chi connectivity index (χ2v) is 8.68. The summed E-state index contributed by atoms with van der Waals surface area (Å²) < 4.78 is 0. The van der Waals surface area contributed by atoms with Crippen LogP contribution < -0.4 is 0 Å². The van der Waals surface area contributed by atoms with Gasteiger partial charge in [0.25, 0.3) is 0 Å². The molecule has 0 spiro atoms. The van der Waals surface area contributed by atoms with Gasteiger partial charge in [-0.1, -0.05) is 25.5 Å². The number of hydrogen-bond donors (Lipinski definition) is 0. The summed E-state index contributed by atoms with van der Waals surface area (Å²) in [6.45, 7) is 8.09. The minimum Gasteiger partial charge on any atom is -0.295 e. The summed E-state index contributed by atoms with van der Waals surface area (Å²) in [4.78, 5) is 16.1. The standard InChI is InChI=1S/C22H26N4/c1-22(2)18-4-3-16(19(22)11-18)13-26-10-7-20-17(14-26)12-24-21(25-20)15-5-8-23-9-6-15/h3,5-6,8-9,12,18-19H,4,7,10-11,13-14H2,1-2H3. The first-order valence-electron chi connectivity index (χ1n) is 9.78. The molecule has 0 aromatic carbocycles. The number of allylic oxidation sites excluding steroid dienone is 1. The summed E-state index contributed by atoms with van der Waals surface area (Å²) in [6.07, 6.45) is 11.9. The van der Waals surface area contributed by atoms with Crippen LogP contribution in [0.15, 0.2) is 42.4 Å². The van der Waals surface area contributed by atoms with Crippen LogP contribution in [0.3, 0.4) is 0 Å². The van der Waals surface area contributed by atoms with Crippen molar-refractivity contribution in [3.8, 4) is 11.4 Å². The van der Waals surface area contributed by atoms with E-state index < -0.39 is 0 Å². The smallest absolute Gasteiger partial charge is 0.159 e. The van der Waals surface area contributed by atoms with Crippen LogP contribution in [0.5, 0.6) is 0 Å². The lowest BCUT2D eigenvalue weighted by atomic mass is 9.49. The van der Waals surface area contributed by atoms with E-state index in [9.17, 15) is 0 Å². The highest BCUT2D eigenvalue weighted by Crippen LogP contribution is 2.59. The fourth-order valence-electron chi connectivity index (χ4n) is 5.06. The maximum absolute atomic E-state index is 4.83. The zero-order chi connectivity index (χ0) is 17.7. The lowest BCUT2D eigenvalue weighted by Gasteiger charge is -2.57. The van der Waals surface area contributed by atoms with Gasteiger partial charge >= 0.3 is 0 Å². The molecule has 1 fully saturated rings. The Morgan fingerprint density at radius 3 is 2.85 bits per heavy atom. The molecule has 6 rings (SSSR count). The molecule has 0 amide bonds. The SMILES string of the molecule is CC1(C)C2CC=C(CN3CCc4nc(-c5ccncc5)ncc4C3)C1C2. The van der Waals surface area contributed by atoms with Gasteiger partial charge in [-0.15, -0.1) is 0 Å². The van der Waals surface area contributed by atoms with E-state index in [1.807, 2.05) is 18.3 Å². The fraction of sp³-hybridized carbons (Fsp3) is 0.500. The number of hydrogen-bond acceptors (Lipinski definition) is 4. The van der Waals surface area contributed by atoms with Crippen LogP contribution in [0.2, 0.25) is 0 Å². The van der Waals surface area contributed by atoms with Crippen LogP contribution >= 0.6 is 0 Å². The molecule has 0 saturated heterocycles. The maximum atomic E-state index is 4.83. The largest absolute Gasteiger partial charge is 0.295 e. The first kappa shape index (κ1) is 16.1. The molecular weight excluding hydrogens is 320 g/mol. The van der Waals surface area contributed by atoms with Crippen molar-refractivity contribution in [3.63, 3.8) is 0 Å². The zero-order valence-corrected chi connectivity index (χ0v) is 15.7. The van der Waals surface area contributed by atoms with E-state index in [1.54, 1.807) is 18.0 Å². The van der Waals surface area contributed by atoms with Crippen molar-refractivity contribution < 1.29 is 0 Å². The molecule has 1 aliphatic heterocycles. The summed E-state index contributed by atoms with van der Waals surface area (Å²) >= 11 is 0. The molecule has 134 valence electrons. The van der Waals surface area contributed by atoms with Gasteiger partial charge < -0.3 is 0 Å². The molecule has 2 aromatic rings. The minimum absolute atomic E-state index is 0.514. The molecule has 2 bridgehead atoms. The second kappa shape index (κ2) is 5.98. The zero-order valence-electron chi connectivity index (χ0n) is 15.7. The van der Waals surface area contributed by atoms with Crippen molar-refractivity contribution in [1.29, 1.82) is 0 Å². The number of fused-ring (bicyclic) bond motifs is 2. The first-order chi connectivity index (χ1) is 12.6. The number of pyridine rings is 1. The Morgan fingerprint density at radius 2 is 2.08 bits per heavy atom. The topological polar surface area (TPSA) is 41.9 Å². The fourth-order valence-corrected chi connectivity index (χ4v) is 5.06. The Hall–Kier alpha value is -2.07. The summed E-state index contributed by atoms with van der Waals surface area (Å²) in [5.41, 5.74) is 5.73. The third kappa shape index (κ3) is 2.59.